The number of nitrogens with one attached hydrogen (secondary N) is 2. The zero-order valence-electron chi connectivity index (χ0n) is 11.5. The third-order valence-corrected chi connectivity index (χ3v) is 2.70. The van der Waals surface area contributed by atoms with E-state index in [1.54, 1.807) is 0 Å². The van der Waals surface area contributed by atoms with Gasteiger partial charge in [0.1, 0.15) is 0 Å². The average molecular weight is 246 g/mol. The van der Waals surface area contributed by atoms with Crippen LogP contribution in [0.3, 0.4) is 0 Å². The van der Waals surface area contributed by atoms with Gasteiger partial charge in [-0.1, -0.05) is 6.92 Å². The number of hydrazine groups is 1. The van der Waals surface area contributed by atoms with Crippen LogP contribution in [0.2, 0.25) is 0 Å². The van der Waals surface area contributed by atoms with Gasteiger partial charge in [0.05, 0.1) is 6.61 Å². The number of ether oxygens (including phenoxy) is 1. The molecule has 0 amide bonds. The van der Waals surface area contributed by atoms with Crippen LogP contribution in [-0.4, -0.2) is 57.4 Å². The van der Waals surface area contributed by atoms with Crippen LogP contribution >= 0.6 is 0 Å². The maximum Gasteiger partial charge on any atom is 0.0590 e. The number of hydrogen-bond donors (Lipinski definition) is 3. The number of nitrogens with two attached hydrogens (primary N) is 1. The van der Waals surface area contributed by atoms with Gasteiger partial charge in [0.25, 0.3) is 0 Å². The van der Waals surface area contributed by atoms with Gasteiger partial charge in [-0.2, -0.15) is 0 Å². The van der Waals surface area contributed by atoms with Crippen molar-refractivity contribution >= 4 is 0 Å². The summed E-state index contributed by atoms with van der Waals surface area (Å²) >= 11 is 0. The van der Waals surface area contributed by atoms with Gasteiger partial charge >= 0.3 is 0 Å². The molecule has 0 atom stereocenters. The molecule has 0 unspecified atom stereocenters. The molecule has 0 spiro atoms. The Kier molecular flexibility index (Phi) is 13.7. The maximum absolute atomic E-state index is 5.26. The monoisotopic (exact) mass is 246 g/mol. The molecule has 104 valence electrons. The fourth-order valence-corrected chi connectivity index (χ4v) is 1.67. The first kappa shape index (κ1) is 16.8. The van der Waals surface area contributed by atoms with Crippen molar-refractivity contribution < 1.29 is 4.74 Å². The standard InChI is InChI=1S/C12H30N4O/c1-3-16(11-6-8-15-13)10-5-7-14-9-12-17-4-2/h14-15H,3-13H2,1-2H3. The molecule has 0 bridgehead atoms. The highest BCUT2D eigenvalue weighted by Gasteiger charge is 2.00. The van der Waals surface area contributed by atoms with Gasteiger partial charge in [-0.25, -0.2) is 0 Å². The Morgan fingerprint density at radius 1 is 1.06 bits per heavy atom. The minimum atomic E-state index is 0.806. The van der Waals surface area contributed by atoms with Crippen LogP contribution < -0.4 is 16.6 Å². The third kappa shape index (κ3) is 12.1. The molecular weight excluding hydrogens is 216 g/mol. The van der Waals surface area contributed by atoms with Crippen LogP contribution in [0, 0.1) is 0 Å². The lowest BCUT2D eigenvalue weighted by Crippen LogP contribution is -2.32. The van der Waals surface area contributed by atoms with E-state index in [-0.39, 0.29) is 0 Å². The number of rotatable bonds is 13. The van der Waals surface area contributed by atoms with Crippen molar-refractivity contribution in [1.29, 1.82) is 0 Å². The summed E-state index contributed by atoms with van der Waals surface area (Å²) in [5, 5.41) is 3.38. The highest BCUT2D eigenvalue weighted by Crippen LogP contribution is 1.92. The first-order valence-electron chi connectivity index (χ1n) is 6.79. The van der Waals surface area contributed by atoms with Gasteiger partial charge in [-0.15, -0.1) is 0 Å². The lowest BCUT2D eigenvalue weighted by molar-refractivity contribution is 0.149. The Labute approximate surface area is 106 Å². The predicted molar refractivity (Wildman–Crippen MR) is 72.9 cm³/mol. The molecule has 0 aliphatic heterocycles. The van der Waals surface area contributed by atoms with E-state index >= 15 is 0 Å². The highest BCUT2D eigenvalue weighted by molar-refractivity contribution is 4.58. The molecule has 17 heavy (non-hydrogen) atoms. The Hall–Kier alpha value is -0.200. The molecule has 0 radical (unpaired) electrons. The van der Waals surface area contributed by atoms with Crippen LogP contribution in [0.15, 0.2) is 0 Å². The molecule has 0 aromatic carbocycles. The normalized spacial score (nSPS) is 11.3. The first-order valence-corrected chi connectivity index (χ1v) is 6.79. The van der Waals surface area contributed by atoms with Gasteiger partial charge in [0, 0.05) is 19.7 Å². The SMILES string of the molecule is CCOCCNCCCN(CC)CCCNN. The third-order valence-electron chi connectivity index (χ3n) is 2.70. The van der Waals surface area contributed by atoms with Gasteiger partial charge in [-0.05, 0) is 45.9 Å². The van der Waals surface area contributed by atoms with Crippen LogP contribution in [0.1, 0.15) is 26.7 Å². The summed E-state index contributed by atoms with van der Waals surface area (Å²) < 4.78 is 5.26. The smallest absolute Gasteiger partial charge is 0.0590 e. The van der Waals surface area contributed by atoms with E-state index in [2.05, 4.69) is 22.6 Å². The van der Waals surface area contributed by atoms with Crippen LogP contribution in [0.5, 0.6) is 0 Å². The van der Waals surface area contributed by atoms with E-state index in [1.807, 2.05) is 6.92 Å². The molecular formula is C12H30N4O. The van der Waals surface area contributed by atoms with E-state index in [1.165, 1.54) is 6.42 Å². The molecule has 4 N–H and O–H groups in total. The Morgan fingerprint density at radius 3 is 2.35 bits per heavy atom. The molecule has 0 aromatic heterocycles. The molecule has 0 heterocycles. The van der Waals surface area contributed by atoms with Crippen LogP contribution in [-0.2, 0) is 4.74 Å². The fraction of sp³-hybridized carbons (Fsp3) is 1.00. The Morgan fingerprint density at radius 2 is 1.76 bits per heavy atom. The molecule has 0 aromatic rings. The van der Waals surface area contributed by atoms with Crippen molar-refractivity contribution in [2.75, 3.05) is 52.5 Å². The fourth-order valence-electron chi connectivity index (χ4n) is 1.67. The maximum atomic E-state index is 5.26. The quantitative estimate of drug-likeness (QED) is 0.246. The molecule has 0 aliphatic carbocycles. The molecule has 0 saturated carbocycles. The van der Waals surface area contributed by atoms with E-state index in [0.29, 0.717) is 0 Å². The van der Waals surface area contributed by atoms with Crippen molar-refractivity contribution in [1.82, 2.24) is 15.6 Å². The van der Waals surface area contributed by atoms with Gasteiger partial charge in [0.2, 0.25) is 0 Å². The zero-order chi connectivity index (χ0) is 12.8. The second kappa shape index (κ2) is 13.9. The highest BCUT2D eigenvalue weighted by atomic mass is 16.5. The van der Waals surface area contributed by atoms with E-state index in [4.69, 9.17) is 10.6 Å². The molecule has 5 heteroatoms. The van der Waals surface area contributed by atoms with Crippen molar-refractivity contribution in [3.8, 4) is 0 Å². The summed E-state index contributed by atoms with van der Waals surface area (Å²) in [6.07, 6.45) is 2.30. The van der Waals surface area contributed by atoms with Crippen LogP contribution in [0.4, 0.5) is 0 Å². The summed E-state index contributed by atoms with van der Waals surface area (Å²) in [5.41, 5.74) is 2.69. The van der Waals surface area contributed by atoms with Crippen molar-refractivity contribution in [2.24, 2.45) is 5.84 Å². The Bertz CT molecular complexity index is 146. The second-order valence-corrected chi connectivity index (χ2v) is 4.04. The van der Waals surface area contributed by atoms with Crippen molar-refractivity contribution in [3.05, 3.63) is 0 Å². The summed E-state index contributed by atoms with van der Waals surface area (Å²) in [4.78, 5) is 2.46. The average Bonchev–Trinajstić information content (AvgIpc) is 2.35. The first-order chi connectivity index (χ1) is 8.35. The lowest BCUT2D eigenvalue weighted by atomic mass is 10.3. The van der Waals surface area contributed by atoms with Crippen LogP contribution in [0.25, 0.3) is 0 Å². The number of nitrogens with zero attached hydrogens (tertiary/aromatic N) is 1. The van der Waals surface area contributed by atoms with Gasteiger partial charge in [0.15, 0.2) is 0 Å². The van der Waals surface area contributed by atoms with Gasteiger partial charge in [-0.3, -0.25) is 11.3 Å². The molecule has 5 nitrogen and oxygen atoms in total. The van der Waals surface area contributed by atoms with Crippen molar-refractivity contribution in [2.45, 2.75) is 26.7 Å². The second-order valence-electron chi connectivity index (χ2n) is 4.04. The van der Waals surface area contributed by atoms with E-state index in [0.717, 1.165) is 58.9 Å². The van der Waals surface area contributed by atoms with E-state index < -0.39 is 0 Å². The summed E-state index contributed by atoms with van der Waals surface area (Å²) in [6.45, 7) is 12.2. The van der Waals surface area contributed by atoms with Gasteiger partial charge < -0.3 is 15.0 Å². The van der Waals surface area contributed by atoms with Crippen molar-refractivity contribution in [3.63, 3.8) is 0 Å². The minimum absolute atomic E-state index is 0.806. The topological polar surface area (TPSA) is 62.5 Å². The Balaban J connectivity index is 3.25. The van der Waals surface area contributed by atoms with E-state index in [9.17, 15) is 0 Å². The predicted octanol–water partition coefficient (Wildman–Crippen LogP) is 0.178. The molecule has 0 rings (SSSR count). The number of hydrogen-bond acceptors (Lipinski definition) is 5. The largest absolute Gasteiger partial charge is 0.380 e. The lowest BCUT2D eigenvalue weighted by Gasteiger charge is -2.20. The summed E-state index contributed by atoms with van der Waals surface area (Å²) in [7, 11) is 0. The summed E-state index contributed by atoms with van der Waals surface area (Å²) in [5.74, 6) is 5.25. The molecule has 0 aliphatic rings. The summed E-state index contributed by atoms with van der Waals surface area (Å²) in [6, 6.07) is 0. The zero-order valence-corrected chi connectivity index (χ0v) is 11.5. The molecule has 0 saturated heterocycles. The molecule has 0 fully saturated rings. The minimum Gasteiger partial charge on any atom is -0.380 e.